The van der Waals surface area contributed by atoms with Crippen LogP contribution in [0.5, 0.6) is 5.75 Å². The van der Waals surface area contributed by atoms with E-state index in [4.69, 9.17) is 4.74 Å². The summed E-state index contributed by atoms with van der Waals surface area (Å²) >= 11 is 0. The summed E-state index contributed by atoms with van der Waals surface area (Å²) in [6, 6.07) is 9.87. The molecule has 2 aromatic carbocycles. The van der Waals surface area contributed by atoms with Gasteiger partial charge in [-0.15, -0.1) is 0 Å². The number of carbonyl (C=O) groups is 1. The highest BCUT2D eigenvalue weighted by molar-refractivity contribution is 5.86. The van der Waals surface area contributed by atoms with E-state index < -0.39 is 11.9 Å². The molecule has 0 radical (unpaired) electrons. The monoisotopic (exact) mass is 319 g/mol. The Bertz CT molecular complexity index is 718. The Balaban J connectivity index is 2.26. The Hall–Kier alpha value is -2.60. The van der Waals surface area contributed by atoms with Crippen LogP contribution in [0.25, 0.3) is 0 Å². The van der Waals surface area contributed by atoms with Crippen LogP contribution in [0.4, 0.5) is 14.9 Å². The lowest BCUT2D eigenvalue weighted by Gasteiger charge is -2.18. The fourth-order valence-corrected chi connectivity index (χ4v) is 2.21. The van der Waals surface area contributed by atoms with Gasteiger partial charge in [0.25, 0.3) is 0 Å². The van der Waals surface area contributed by atoms with Crippen molar-refractivity contribution in [1.82, 2.24) is 0 Å². The fourth-order valence-electron chi connectivity index (χ4n) is 2.21. The molecule has 0 saturated carbocycles. The quantitative estimate of drug-likeness (QED) is 0.684. The highest BCUT2D eigenvalue weighted by Crippen LogP contribution is 2.26. The lowest BCUT2D eigenvalue weighted by molar-refractivity contribution is 0.139. The van der Waals surface area contributed by atoms with E-state index in [0.29, 0.717) is 11.3 Å². The number of halogens is 1. The van der Waals surface area contributed by atoms with Gasteiger partial charge in [0.2, 0.25) is 0 Å². The second-order valence-electron chi connectivity index (χ2n) is 5.09. The maximum absolute atomic E-state index is 14.0. The van der Waals surface area contributed by atoms with Crippen molar-refractivity contribution in [3.05, 3.63) is 58.9 Å². The molecule has 0 aliphatic rings. The van der Waals surface area contributed by atoms with Crippen LogP contribution >= 0.6 is 0 Å². The first-order valence-electron chi connectivity index (χ1n) is 6.98. The second kappa shape index (κ2) is 7.11. The van der Waals surface area contributed by atoms with Crippen LogP contribution in [0.15, 0.2) is 36.4 Å². The molecule has 0 aliphatic carbocycles. The van der Waals surface area contributed by atoms with Gasteiger partial charge in [0.05, 0.1) is 7.11 Å². The van der Waals surface area contributed by atoms with Crippen molar-refractivity contribution in [3.8, 4) is 5.75 Å². The van der Waals surface area contributed by atoms with Gasteiger partial charge in [0.15, 0.2) is 0 Å². The number of nitrogens with zero attached hydrogens (tertiary/aromatic N) is 1. The Morgan fingerprint density at radius 2 is 2.00 bits per heavy atom. The molecule has 0 fully saturated rings. The van der Waals surface area contributed by atoms with Crippen molar-refractivity contribution >= 4 is 11.8 Å². The van der Waals surface area contributed by atoms with Gasteiger partial charge < -0.3 is 9.47 Å². The predicted molar refractivity (Wildman–Crippen MR) is 83.3 cm³/mol. The molecule has 23 heavy (non-hydrogen) atoms. The third-order valence-corrected chi connectivity index (χ3v) is 3.34. The molecule has 0 bridgehead atoms. The minimum absolute atomic E-state index is 0.00888. The zero-order valence-corrected chi connectivity index (χ0v) is 13.2. The molecule has 122 valence electrons. The first-order chi connectivity index (χ1) is 10.9. The minimum atomic E-state index is -1.08. The molecule has 5 nitrogen and oxygen atoms in total. The molecular weight excluding hydrogens is 301 g/mol. The van der Waals surface area contributed by atoms with Crippen LogP contribution in [0.1, 0.15) is 16.7 Å². The Morgan fingerprint density at radius 1 is 1.26 bits per heavy atom. The normalized spacial score (nSPS) is 10.3. The Labute approximate surface area is 133 Å². The van der Waals surface area contributed by atoms with E-state index in [2.05, 4.69) is 4.74 Å². The summed E-state index contributed by atoms with van der Waals surface area (Å²) in [5.41, 5.74) is 2.08. The Kier molecular flexibility index (Phi) is 5.18. The number of benzene rings is 2. The highest BCUT2D eigenvalue weighted by atomic mass is 19.1. The third kappa shape index (κ3) is 3.78. The number of carbonyl (C=O) groups excluding carboxylic acids is 1. The molecule has 0 atom stereocenters. The van der Waals surface area contributed by atoms with E-state index in [0.717, 1.165) is 24.3 Å². The van der Waals surface area contributed by atoms with Crippen molar-refractivity contribution in [2.45, 2.75) is 20.5 Å². The summed E-state index contributed by atoms with van der Waals surface area (Å²) in [5.74, 6) is -0.104. The molecule has 2 rings (SSSR count). The van der Waals surface area contributed by atoms with Crippen molar-refractivity contribution < 1.29 is 23.9 Å². The summed E-state index contributed by atoms with van der Waals surface area (Å²) in [5, 5.41) is 9.94. The van der Waals surface area contributed by atoms with Crippen LogP contribution in [0.2, 0.25) is 0 Å². The molecular formula is C17H18FNO4. The van der Waals surface area contributed by atoms with Crippen LogP contribution in [-0.4, -0.2) is 18.4 Å². The van der Waals surface area contributed by atoms with Crippen LogP contribution < -0.4 is 9.80 Å². The lowest BCUT2D eigenvalue weighted by atomic mass is 10.1. The van der Waals surface area contributed by atoms with Gasteiger partial charge in [-0.05, 0) is 31.5 Å². The molecule has 0 aromatic heterocycles. The molecule has 0 spiro atoms. The van der Waals surface area contributed by atoms with Crippen molar-refractivity contribution in [2.75, 3.05) is 12.2 Å². The highest BCUT2D eigenvalue weighted by Gasteiger charge is 2.21. The number of ether oxygens (including phenoxy) is 2. The average molecular weight is 319 g/mol. The standard InChI is InChI=1S/C17H18FNO4/c1-11-7-8-15(12(2)9-11)23-10-13-5-4-6-14(18)16(13)19(21)17(20)22-3/h4-9,21H,10H2,1-3H3. The SMILES string of the molecule is COC(=O)N(O)c1c(F)cccc1COc1ccc(C)cc1C. The molecule has 1 amide bonds. The van der Waals surface area contributed by atoms with E-state index in [1.54, 1.807) is 6.07 Å². The number of rotatable bonds is 4. The number of para-hydroxylation sites is 1. The van der Waals surface area contributed by atoms with Crippen LogP contribution in [-0.2, 0) is 11.3 Å². The maximum atomic E-state index is 14.0. The zero-order valence-electron chi connectivity index (χ0n) is 13.2. The van der Waals surface area contributed by atoms with Gasteiger partial charge in [-0.25, -0.2) is 9.18 Å². The number of aryl methyl sites for hydroxylation is 2. The third-order valence-electron chi connectivity index (χ3n) is 3.34. The summed E-state index contributed by atoms with van der Waals surface area (Å²) in [6.45, 7) is 3.87. The summed E-state index contributed by atoms with van der Waals surface area (Å²) in [7, 11) is 1.10. The number of hydrogen-bond donors (Lipinski definition) is 1. The summed E-state index contributed by atoms with van der Waals surface area (Å²) in [4.78, 5) is 11.4. The minimum Gasteiger partial charge on any atom is -0.489 e. The van der Waals surface area contributed by atoms with Crippen molar-refractivity contribution in [1.29, 1.82) is 0 Å². The maximum Gasteiger partial charge on any atom is 0.438 e. The lowest BCUT2D eigenvalue weighted by Crippen LogP contribution is -2.28. The first kappa shape index (κ1) is 16.8. The number of amides is 1. The second-order valence-corrected chi connectivity index (χ2v) is 5.09. The number of methoxy groups -OCH3 is 1. The summed E-state index contributed by atoms with van der Waals surface area (Å²) < 4.78 is 24.1. The topological polar surface area (TPSA) is 59.0 Å². The van der Waals surface area contributed by atoms with Gasteiger partial charge in [0.1, 0.15) is 23.9 Å². The molecule has 6 heteroatoms. The molecule has 0 aliphatic heterocycles. The van der Waals surface area contributed by atoms with E-state index in [9.17, 15) is 14.4 Å². The molecule has 2 aromatic rings. The zero-order chi connectivity index (χ0) is 17.0. The van der Waals surface area contributed by atoms with Gasteiger partial charge >= 0.3 is 6.09 Å². The number of hydroxylamine groups is 1. The molecule has 1 N–H and O–H groups in total. The van der Waals surface area contributed by atoms with Gasteiger partial charge in [-0.2, -0.15) is 5.06 Å². The van der Waals surface area contributed by atoms with Gasteiger partial charge in [-0.1, -0.05) is 29.8 Å². The van der Waals surface area contributed by atoms with Crippen LogP contribution in [0, 0.1) is 19.7 Å². The summed E-state index contributed by atoms with van der Waals surface area (Å²) in [6.07, 6.45) is -1.08. The number of hydrogen-bond acceptors (Lipinski definition) is 4. The fraction of sp³-hybridized carbons (Fsp3) is 0.235. The Morgan fingerprint density at radius 3 is 2.65 bits per heavy atom. The van der Waals surface area contributed by atoms with E-state index >= 15 is 0 Å². The largest absolute Gasteiger partial charge is 0.489 e. The van der Waals surface area contributed by atoms with Gasteiger partial charge in [-0.3, -0.25) is 5.21 Å². The predicted octanol–water partition coefficient (Wildman–Crippen LogP) is 3.98. The molecule has 0 saturated heterocycles. The van der Waals surface area contributed by atoms with Crippen LogP contribution in [0.3, 0.4) is 0 Å². The van der Waals surface area contributed by atoms with Crippen molar-refractivity contribution in [2.24, 2.45) is 0 Å². The van der Waals surface area contributed by atoms with Gasteiger partial charge in [0, 0.05) is 5.56 Å². The smallest absolute Gasteiger partial charge is 0.438 e. The molecule has 0 unspecified atom stereocenters. The first-order valence-corrected chi connectivity index (χ1v) is 6.98. The van der Waals surface area contributed by atoms with E-state index in [1.807, 2.05) is 32.0 Å². The molecule has 0 heterocycles. The average Bonchev–Trinajstić information content (AvgIpc) is 2.52. The van der Waals surface area contributed by atoms with Crippen molar-refractivity contribution in [3.63, 3.8) is 0 Å². The number of anilines is 1. The van der Waals surface area contributed by atoms with E-state index in [-0.39, 0.29) is 17.4 Å². The van der Waals surface area contributed by atoms with E-state index in [1.165, 1.54) is 6.07 Å².